The number of aryl methyl sites for hydroxylation is 2. The number of rotatable bonds is 3. The van der Waals surface area contributed by atoms with Crippen LogP contribution in [0.25, 0.3) is 11.0 Å². The van der Waals surface area contributed by atoms with E-state index >= 15 is 0 Å². The van der Waals surface area contributed by atoms with Gasteiger partial charge in [-0.2, -0.15) is 0 Å². The van der Waals surface area contributed by atoms with Gasteiger partial charge in [-0.1, -0.05) is 13.0 Å². The molecule has 0 bridgehead atoms. The Morgan fingerprint density at radius 2 is 1.88 bits per heavy atom. The molecular formula is C13H19N3O. The van der Waals surface area contributed by atoms with E-state index in [0.29, 0.717) is 12.5 Å². The van der Waals surface area contributed by atoms with Crippen LogP contribution in [-0.4, -0.2) is 15.7 Å². The van der Waals surface area contributed by atoms with E-state index in [4.69, 9.17) is 5.73 Å². The molecule has 1 atom stereocenters. The second kappa shape index (κ2) is 4.37. The average molecular weight is 233 g/mol. The summed E-state index contributed by atoms with van der Waals surface area (Å²) < 4.78 is 3.35. The Morgan fingerprint density at radius 3 is 2.47 bits per heavy atom. The lowest BCUT2D eigenvalue weighted by Crippen LogP contribution is -2.19. The van der Waals surface area contributed by atoms with Crippen molar-refractivity contribution in [1.29, 1.82) is 0 Å². The Hall–Kier alpha value is -1.55. The molecule has 0 radical (unpaired) electrons. The molecule has 1 aromatic heterocycles. The van der Waals surface area contributed by atoms with Gasteiger partial charge < -0.3 is 5.73 Å². The first-order valence-electron chi connectivity index (χ1n) is 5.95. The number of hydrogen-bond donors (Lipinski definition) is 1. The largest absolute Gasteiger partial charge is 0.330 e. The van der Waals surface area contributed by atoms with Crippen molar-refractivity contribution < 1.29 is 0 Å². The molecule has 2 rings (SSSR count). The van der Waals surface area contributed by atoms with Gasteiger partial charge in [-0.05, 0) is 36.6 Å². The van der Waals surface area contributed by atoms with Gasteiger partial charge in [0.05, 0.1) is 11.0 Å². The van der Waals surface area contributed by atoms with Crippen LogP contribution in [0.4, 0.5) is 0 Å². The molecular weight excluding hydrogens is 214 g/mol. The molecule has 0 aliphatic carbocycles. The second-order valence-corrected chi connectivity index (χ2v) is 4.49. The van der Waals surface area contributed by atoms with Crippen molar-refractivity contribution in [1.82, 2.24) is 9.13 Å². The molecule has 92 valence electrons. The predicted octanol–water partition coefficient (Wildman–Crippen LogP) is 1.33. The third-order valence-corrected chi connectivity index (χ3v) is 3.54. The van der Waals surface area contributed by atoms with Crippen LogP contribution in [0, 0.1) is 0 Å². The van der Waals surface area contributed by atoms with E-state index in [1.165, 1.54) is 5.56 Å². The van der Waals surface area contributed by atoms with Crippen LogP contribution in [0.3, 0.4) is 0 Å². The molecule has 2 N–H and O–H groups in total. The van der Waals surface area contributed by atoms with Crippen molar-refractivity contribution in [2.45, 2.75) is 19.3 Å². The summed E-state index contributed by atoms with van der Waals surface area (Å²) in [4.78, 5) is 11.8. The molecule has 0 saturated carbocycles. The molecule has 4 nitrogen and oxygen atoms in total. The predicted molar refractivity (Wildman–Crippen MR) is 70.2 cm³/mol. The summed E-state index contributed by atoms with van der Waals surface area (Å²) in [7, 11) is 3.60. The van der Waals surface area contributed by atoms with Gasteiger partial charge in [0.25, 0.3) is 0 Å². The minimum atomic E-state index is 0.0120. The molecule has 0 spiro atoms. The van der Waals surface area contributed by atoms with Crippen molar-refractivity contribution in [2.75, 3.05) is 6.54 Å². The molecule has 17 heavy (non-hydrogen) atoms. The number of benzene rings is 1. The fourth-order valence-corrected chi connectivity index (χ4v) is 2.32. The summed E-state index contributed by atoms with van der Waals surface area (Å²) in [5, 5.41) is 0. The number of imidazole rings is 1. The lowest BCUT2D eigenvalue weighted by atomic mass is 9.96. The van der Waals surface area contributed by atoms with E-state index in [1.807, 2.05) is 6.07 Å². The maximum Gasteiger partial charge on any atom is 0.328 e. The first-order valence-corrected chi connectivity index (χ1v) is 5.95. The zero-order valence-electron chi connectivity index (χ0n) is 10.6. The van der Waals surface area contributed by atoms with Crippen LogP contribution in [0.1, 0.15) is 24.8 Å². The first kappa shape index (κ1) is 11.9. The highest BCUT2D eigenvalue weighted by molar-refractivity contribution is 5.77. The number of hydrogen-bond acceptors (Lipinski definition) is 2. The highest BCUT2D eigenvalue weighted by Crippen LogP contribution is 2.22. The number of nitrogens with two attached hydrogens (primary N) is 1. The molecule has 0 aliphatic heterocycles. The Kier molecular flexibility index (Phi) is 3.07. The minimum absolute atomic E-state index is 0.0120. The fraction of sp³-hybridized carbons (Fsp3) is 0.462. The van der Waals surface area contributed by atoms with Gasteiger partial charge in [0.1, 0.15) is 0 Å². The minimum Gasteiger partial charge on any atom is -0.330 e. The van der Waals surface area contributed by atoms with E-state index in [1.54, 1.807) is 23.2 Å². The zero-order chi connectivity index (χ0) is 12.6. The van der Waals surface area contributed by atoms with Crippen LogP contribution in [0.15, 0.2) is 23.0 Å². The second-order valence-electron chi connectivity index (χ2n) is 4.49. The maximum atomic E-state index is 11.8. The van der Waals surface area contributed by atoms with Crippen LogP contribution >= 0.6 is 0 Å². The number of aromatic nitrogens is 2. The highest BCUT2D eigenvalue weighted by Gasteiger charge is 2.12. The summed E-state index contributed by atoms with van der Waals surface area (Å²) in [6.45, 7) is 2.77. The average Bonchev–Trinajstić information content (AvgIpc) is 2.56. The van der Waals surface area contributed by atoms with Crippen molar-refractivity contribution in [2.24, 2.45) is 19.8 Å². The molecule has 0 saturated heterocycles. The fourth-order valence-electron chi connectivity index (χ4n) is 2.32. The molecule has 1 unspecified atom stereocenters. The number of fused-ring (bicyclic) bond motifs is 1. The normalized spacial score (nSPS) is 13.2. The maximum absolute atomic E-state index is 11.8. The van der Waals surface area contributed by atoms with Crippen LogP contribution in [0.2, 0.25) is 0 Å². The molecule has 2 aromatic rings. The first-order chi connectivity index (χ1) is 8.10. The molecule has 0 fully saturated rings. The summed E-state index contributed by atoms with van der Waals surface area (Å²) in [5.74, 6) is 0.370. The standard InChI is InChI=1S/C13H19N3O/c1-4-9(8-14)10-5-6-11-12(7-10)16(3)13(17)15(11)2/h5-7,9H,4,8,14H2,1-3H3. The van der Waals surface area contributed by atoms with Crippen LogP contribution in [0.5, 0.6) is 0 Å². The van der Waals surface area contributed by atoms with E-state index in [2.05, 4.69) is 19.1 Å². The third kappa shape index (κ3) is 1.78. The van der Waals surface area contributed by atoms with E-state index in [9.17, 15) is 4.79 Å². The van der Waals surface area contributed by atoms with Crippen LogP contribution < -0.4 is 11.4 Å². The molecule has 4 heteroatoms. The van der Waals surface area contributed by atoms with Crippen molar-refractivity contribution in [3.63, 3.8) is 0 Å². The zero-order valence-corrected chi connectivity index (χ0v) is 10.6. The molecule has 0 aliphatic rings. The molecule has 0 amide bonds. The third-order valence-electron chi connectivity index (χ3n) is 3.54. The van der Waals surface area contributed by atoms with E-state index < -0.39 is 0 Å². The van der Waals surface area contributed by atoms with Gasteiger partial charge in [0.2, 0.25) is 0 Å². The summed E-state index contributed by atoms with van der Waals surface area (Å²) in [5.41, 5.74) is 8.92. The molecule has 1 heterocycles. The Morgan fingerprint density at radius 1 is 1.24 bits per heavy atom. The smallest absolute Gasteiger partial charge is 0.328 e. The summed E-state index contributed by atoms with van der Waals surface area (Å²) in [6.07, 6.45) is 1.02. The Labute approximate surface area is 101 Å². The lowest BCUT2D eigenvalue weighted by molar-refractivity contribution is 0.675. The van der Waals surface area contributed by atoms with Gasteiger partial charge in [-0.15, -0.1) is 0 Å². The van der Waals surface area contributed by atoms with Crippen molar-refractivity contribution in [3.05, 3.63) is 34.2 Å². The Bertz CT molecular complexity index is 590. The van der Waals surface area contributed by atoms with Crippen molar-refractivity contribution in [3.8, 4) is 0 Å². The SMILES string of the molecule is CCC(CN)c1ccc2c(c1)n(C)c(=O)n2C. The molecule has 1 aromatic carbocycles. The summed E-state index contributed by atoms with van der Waals surface area (Å²) >= 11 is 0. The van der Waals surface area contributed by atoms with Gasteiger partial charge in [0, 0.05) is 14.1 Å². The van der Waals surface area contributed by atoms with Gasteiger partial charge in [-0.25, -0.2) is 4.79 Å². The van der Waals surface area contributed by atoms with E-state index in [0.717, 1.165) is 17.5 Å². The van der Waals surface area contributed by atoms with Gasteiger partial charge in [-0.3, -0.25) is 9.13 Å². The topological polar surface area (TPSA) is 52.9 Å². The van der Waals surface area contributed by atoms with Gasteiger partial charge in [0.15, 0.2) is 0 Å². The number of nitrogens with zero attached hydrogens (tertiary/aromatic N) is 2. The quantitative estimate of drug-likeness (QED) is 0.869. The highest BCUT2D eigenvalue weighted by atomic mass is 16.1. The van der Waals surface area contributed by atoms with E-state index in [-0.39, 0.29) is 5.69 Å². The van der Waals surface area contributed by atoms with Crippen molar-refractivity contribution >= 4 is 11.0 Å². The lowest BCUT2D eigenvalue weighted by Gasteiger charge is -2.12. The van der Waals surface area contributed by atoms with Crippen LogP contribution in [-0.2, 0) is 14.1 Å². The monoisotopic (exact) mass is 233 g/mol. The van der Waals surface area contributed by atoms with Gasteiger partial charge >= 0.3 is 5.69 Å². The Balaban J connectivity index is 2.65. The summed E-state index contributed by atoms with van der Waals surface area (Å²) in [6, 6.07) is 6.16.